The van der Waals surface area contributed by atoms with Gasteiger partial charge < -0.3 is 5.32 Å². The Kier molecular flexibility index (Phi) is 3.60. The van der Waals surface area contributed by atoms with Crippen molar-refractivity contribution in [1.29, 1.82) is 0 Å². The Bertz CT molecular complexity index is 727. The Balaban J connectivity index is 1.83. The third-order valence-electron chi connectivity index (χ3n) is 3.39. The van der Waals surface area contributed by atoms with Crippen molar-refractivity contribution in [3.05, 3.63) is 71.9 Å². The zero-order valence-electron chi connectivity index (χ0n) is 11.7. The summed E-state index contributed by atoms with van der Waals surface area (Å²) in [5, 5.41) is 11.0. The summed E-state index contributed by atoms with van der Waals surface area (Å²) in [4.78, 5) is 12.4. The highest BCUT2D eigenvalue weighted by molar-refractivity contribution is 5.99. The van der Waals surface area contributed by atoms with Crippen molar-refractivity contribution in [2.75, 3.05) is 0 Å². The first-order valence-corrected chi connectivity index (χ1v) is 6.83. The van der Waals surface area contributed by atoms with Gasteiger partial charge in [-0.15, -0.1) is 10.2 Å². The Morgan fingerprint density at radius 1 is 0.952 bits per heavy atom. The molecule has 3 rings (SSSR count). The molecule has 0 spiro atoms. The molecule has 0 saturated carbocycles. The van der Waals surface area contributed by atoms with E-state index in [0.717, 1.165) is 16.8 Å². The van der Waals surface area contributed by atoms with E-state index in [2.05, 4.69) is 15.5 Å². The van der Waals surface area contributed by atoms with E-state index >= 15 is 0 Å². The van der Waals surface area contributed by atoms with E-state index in [-0.39, 0.29) is 11.9 Å². The van der Waals surface area contributed by atoms with Crippen molar-refractivity contribution >= 4 is 5.91 Å². The third-order valence-corrected chi connectivity index (χ3v) is 3.39. The van der Waals surface area contributed by atoms with Crippen molar-refractivity contribution in [2.45, 2.75) is 13.0 Å². The molecule has 0 unspecified atom stereocenters. The lowest BCUT2D eigenvalue weighted by molar-refractivity contribution is 0.0935. The van der Waals surface area contributed by atoms with Crippen molar-refractivity contribution in [3.63, 3.8) is 0 Å². The summed E-state index contributed by atoms with van der Waals surface area (Å²) in [5.74, 6) is -0.208. The van der Waals surface area contributed by atoms with E-state index in [1.54, 1.807) is 0 Å². The van der Waals surface area contributed by atoms with E-state index in [9.17, 15) is 4.79 Å². The molecule has 21 heavy (non-hydrogen) atoms. The first-order chi connectivity index (χ1) is 10.3. The molecule has 1 aromatic rings. The predicted octanol–water partition coefficient (Wildman–Crippen LogP) is 3.07. The molecule has 0 radical (unpaired) electrons. The quantitative estimate of drug-likeness (QED) is 0.800. The van der Waals surface area contributed by atoms with Gasteiger partial charge >= 0.3 is 0 Å². The number of nitrogens with one attached hydrogen (secondary N) is 1. The molecule has 0 fully saturated rings. The molecule has 0 aromatic heterocycles. The number of fused-ring (bicyclic) bond motifs is 1. The van der Waals surface area contributed by atoms with Gasteiger partial charge in [0.05, 0.1) is 11.7 Å². The summed E-state index contributed by atoms with van der Waals surface area (Å²) < 4.78 is 0. The van der Waals surface area contributed by atoms with E-state index < -0.39 is 0 Å². The van der Waals surface area contributed by atoms with Gasteiger partial charge in [-0.05, 0) is 18.6 Å². The molecule has 1 aliphatic carbocycles. The fraction of sp³-hybridized carbons (Fsp3) is 0.118. The van der Waals surface area contributed by atoms with Crippen molar-refractivity contribution in [1.82, 2.24) is 15.5 Å². The summed E-state index contributed by atoms with van der Waals surface area (Å²) in [6.45, 7) is 1.95. The lowest BCUT2D eigenvalue weighted by Crippen LogP contribution is -2.27. The number of amides is 1. The molecular weight excluding hydrogens is 262 g/mol. The predicted molar refractivity (Wildman–Crippen MR) is 81.0 cm³/mol. The Morgan fingerprint density at radius 3 is 2.38 bits per heavy atom. The van der Waals surface area contributed by atoms with Gasteiger partial charge in [0.2, 0.25) is 0 Å². The molecule has 104 valence electrons. The van der Waals surface area contributed by atoms with Crippen LogP contribution in [0, 0.1) is 0 Å². The molecule has 1 N–H and O–H groups in total. The van der Waals surface area contributed by atoms with Gasteiger partial charge in [0.25, 0.3) is 5.91 Å². The molecule has 1 aliphatic heterocycles. The van der Waals surface area contributed by atoms with Crippen LogP contribution in [0.5, 0.6) is 0 Å². The summed E-state index contributed by atoms with van der Waals surface area (Å²) in [5.41, 5.74) is 2.90. The minimum Gasteiger partial charge on any atom is -0.344 e. The SMILES string of the molecule is C[C@@H](NC(=O)c1nnc2cccccc1-2)c1ccccc1. The van der Waals surface area contributed by atoms with Crippen LogP contribution in [-0.4, -0.2) is 16.1 Å². The molecular formula is C17H15N3O. The lowest BCUT2D eigenvalue weighted by atomic mass is 10.1. The van der Waals surface area contributed by atoms with Crippen LogP contribution >= 0.6 is 0 Å². The van der Waals surface area contributed by atoms with Crippen LogP contribution in [0.25, 0.3) is 11.3 Å². The lowest BCUT2D eigenvalue weighted by Gasteiger charge is -2.13. The number of hydrogen-bond donors (Lipinski definition) is 1. The van der Waals surface area contributed by atoms with Crippen LogP contribution < -0.4 is 5.32 Å². The molecule has 1 atom stereocenters. The maximum atomic E-state index is 12.4. The van der Waals surface area contributed by atoms with E-state index in [1.807, 2.05) is 67.6 Å². The third kappa shape index (κ3) is 2.74. The van der Waals surface area contributed by atoms with Crippen LogP contribution in [0.2, 0.25) is 0 Å². The maximum absolute atomic E-state index is 12.4. The second kappa shape index (κ2) is 5.71. The van der Waals surface area contributed by atoms with E-state index in [4.69, 9.17) is 0 Å². The minimum atomic E-state index is -0.208. The topological polar surface area (TPSA) is 54.9 Å². The zero-order valence-corrected chi connectivity index (χ0v) is 11.7. The summed E-state index contributed by atoms with van der Waals surface area (Å²) in [6, 6.07) is 19.1. The fourth-order valence-electron chi connectivity index (χ4n) is 2.24. The second-order valence-electron chi connectivity index (χ2n) is 4.86. The smallest absolute Gasteiger partial charge is 0.272 e. The molecule has 4 heteroatoms. The van der Waals surface area contributed by atoms with Gasteiger partial charge in [-0.1, -0.05) is 54.6 Å². The maximum Gasteiger partial charge on any atom is 0.272 e. The molecule has 1 amide bonds. The van der Waals surface area contributed by atoms with Crippen molar-refractivity contribution in [3.8, 4) is 11.3 Å². The van der Waals surface area contributed by atoms with Gasteiger partial charge in [0.15, 0.2) is 5.69 Å². The first kappa shape index (κ1) is 13.2. The van der Waals surface area contributed by atoms with Gasteiger partial charge in [-0.2, -0.15) is 0 Å². The highest BCUT2D eigenvalue weighted by Gasteiger charge is 2.20. The Labute approximate surface area is 123 Å². The average molecular weight is 277 g/mol. The number of benzene rings is 1. The Morgan fingerprint density at radius 2 is 1.62 bits per heavy atom. The van der Waals surface area contributed by atoms with Crippen LogP contribution in [0.15, 0.2) is 60.7 Å². The minimum absolute atomic E-state index is 0.0806. The highest BCUT2D eigenvalue weighted by Crippen LogP contribution is 2.22. The van der Waals surface area contributed by atoms with Crippen LogP contribution in [-0.2, 0) is 0 Å². The summed E-state index contributed by atoms with van der Waals surface area (Å²) >= 11 is 0. The number of nitrogens with zero attached hydrogens (tertiary/aromatic N) is 2. The first-order valence-electron chi connectivity index (χ1n) is 6.83. The second-order valence-corrected chi connectivity index (χ2v) is 4.86. The number of carbonyl (C=O) groups is 1. The number of aromatic nitrogens is 2. The monoisotopic (exact) mass is 277 g/mol. The standard InChI is InChI=1S/C17H15N3O/c1-12(13-8-4-2-5-9-13)18-17(21)16-14-10-6-3-7-11-15(14)19-20-16/h2-12H,1H3,(H,18,21)/t12-/m1/s1. The number of rotatable bonds is 3. The van der Waals surface area contributed by atoms with Gasteiger partial charge in [-0.3, -0.25) is 4.79 Å². The molecule has 0 saturated heterocycles. The molecule has 0 bridgehead atoms. The van der Waals surface area contributed by atoms with Crippen LogP contribution in [0.3, 0.4) is 0 Å². The summed E-state index contributed by atoms with van der Waals surface area (Å²) in [6.07, 6.45) is 0. The molecule has 2 aliphatic rings. The zero-order chi connectivity index (χ0) is 14.7. The Hall–Kier alpha value is -2.75. The number of hydrogen-bond acceptors (Lipinski definition) is 3. The van der Waals surface area contributed by atoms with Crippen molar-refractivity contribution in [2.24, 2.45) is 0 Å². The normalized spacial score (nSPS) is 12.0. The van der Waals surface area contributed by atoms with Gasteiger partial charge in [0.1, 0.15) is 0 Å². The average Bonchev–Trinajstić information content (AvgIpc) is 2.77. The van der Waals surface area contributed by atoms with Crippen LogP contribution in [0.4, 0.5) is 0 Å². The largest absolute Gasteiger partial charge is 0.344 e. The van der Waals surface area contributed by atoms with Crippen molar-refractivity contribution < 1.29 is 4.79 Å². The van der Waals surface area contributed by atoms with E-state index in [0.29, 0.717) is 5.69 Å². The number of carbonyl (C=O) groups excluding carboxylic acids is 1. The summed E-state index contributed by atoms with van der Waals surface area (Å²) in [7, 11) is 0. The van der Waals surface area contributed by atoms with Gasteiger partial charge in [0, 0.05) is 5.56 Å². The van der Waals surface area contributed by atoms with Gasteiger partial charge in [-0.25, -0.2) is 0 Å². The molecule has 1 heterocycles. The fourth-order valence-corrected chi connectivity index (χ4v) is 2.24. The highest BCUT2D eigenvalue weighted by atomic mass is 16.2. The molecule has 1 aromatic carbocycles. The van der Waals surface area contributed by atoms with E-state index in [1.165, 1.54) is 0 Å². The van der Waals surface area contributed by atoms with Crippen LogP contribution in [0.1, 0.15) is 29.0 Å². The molecule has 4 nitrogen and oxygen atoms in total.